The van der Waals surface area contributed by atoms with Crippen LogP contribution >= 0.6 is 15.9 Å². The van der Waals surface area contributed by atoms with Crippen molar-refractivity contribution in [3.05, 3.63) is 28.2 Å². The van der Waals surface area contributed by atoms with Gasteiger partial charge in [0.2, 0.25) is 0 Å². The monoisotopic (exact) mass is 351 g/mol. The number of hydrogen-bond donors (Lipinski definition) is 1. The van der Waals surface area contributed by atoms with E-state index in [-0.39, 0.29) is 6.04 Å². The molecule has 0 radical (unpaired) electrons. The number of piperidine rings is 1. The third-order valence-corrected chi connectivity index (χ3v) is 5.54. The van der Waals surface area contributed by atoms with Crippen LogP contribution in [-0.4, -0.2) is 37.1 Å². The predicted octanol–water partition coefficient (Wildman–Crippen LogP) is 3.53. The lowest BCUT2D eigenvalue weighted by atomic mass is 10.1. The van der Waals surface area contributed by atoms with Crippen LogP contribution in [0.4, 0.5) is 5.69 Å². The van der Waals surface area contributed by atoms with Crippen molar-refractivity contribution in [2.45, 2.75) is 44.7 Å². The molecule has 0 spiro atoms. The molecule has 0 aliphatic carbocycles. The van der Waals surface area contributed by atoms with Crippen LogP contribution in [0.3, 0.4) is 0 Å². The molecule has 21 heavy (non-hydrogen) atoms. The molecule has 0 aromatic heterocycles. The highest BCUT2D eigenvalue weighted by molar-refractivity contribution is 9.10. The van der Waals surface area contributed by atoms with E-state index in [1.807, 2.05) is 6.92 Å². The van der Waals surface area contributed by atoms with Crippen molar-refractivity contribution in [1.29, 1.82) is 0 Å². The van der Waals surface area contributed by atoms with Gasteiger partial charge in [-0.1, -0.05) is 12.5 Å². The fourth-order valence-electron chi connectivity index (χ4n) is 3.61. The van der Waals surface area contributed by atoms with Gasteiger partial charge in [-0.15, -0.1) is 0 Å². The van der Waals surface area contributed by atoms with Gasteiger partial charge in [0.05, 0.1) is 5.69 Å². The number of hydrogen-bond acceptors (Lipinski definition) is 3. The molecule has 3 rings (SSSR count). The Balaban J connectivity index is 1.68. The summed E-state index contributed by atoms with van der Waals surface area (Å²) in [6, 6.07) is 7.40. The van der Waals surface area contributed by atoms with Crippen molar-refractivity contribution >= 4 is 21.6 Å². The van der Waals surface area contributed by atoms with Gasteiger partial charge in [-0.05, 0) is 72.9 Å². The summed E-state index contributed by atoms with van der Waals surface area (Å²) >= 11 is 3.73. The lowest BCUT2D eigenvalue weighted by molar-refractivity contribution is 0.175. The molecule has 0 amide bonds. The van der Waals surface area contributed by atoms with Crippen LogP contribution in [0.1, 0.15) is 44.2 Å². The second-order valence-corrected chi connectivity index (χ2v) is 7.34. The van der Waals surface area contributed by atoms with Crippen molar-refractivity contribution in [1.82, 2.24) is 4.90 Å². The first kappa shape index (κ1) is 15.3. The van der Waals surface area contributed by atoms with Crippen LogP contribution in [-0.2, 0) is 0 Å². The van der Waals surface area contributed by atoms with E-state index in [2.05, 4.69) is 43.9 Å². The molecule has 1 aromatic carbocycles. The quantitative estimate of drug-likeness (QED) is 0.903. The molecule has 2 atom stereocenters. The fourth-order valence-corrected chi connectivity index (χ4v) is 4.25. The molecule has 2 saturated heterocycles. The first-order chi connectivity index (χ1) is 10.1. The highest BCUT2D eigenvalue weighted by atomic mass is 79.9. The summed E-state index contributed by atoms with van der Waals surface area (Å²) in [6.07, 6.45) is 5.46. The van der Waals surface area contributed by atoms with Crippen LogP contribution in [0.15, 0.2) is 22.7 Å². The molecule has 116 valence electrons. The molecule has 4 heteroatoms. The van der Waals surface area contributed by atoms with Gasteiger partial charge in [-0.2, -0.15) is 0 Å². The lowest BCUT2D eigenvalue weighted by Crippen LogP contribution is -2.40. The molecule has 2 fully saturated rings. The summed E-state index contributed by atoms with van der Waals surface area (Å²) in [5.74, 6) is 0. The molecule has 3 nitrogen and oxygen atoms in total. The van der Waals surface area contributed by atoms with Gasteiger partial charge in [0, 0.05) is 29.6 Å². The fraction of sp³-hybridized carbons (Fsp3) is 0.647. The standard InChI is InChI=1S/C17H26BrN3/c1-13(19)14-5-6-17(16(18)11-14)21-10-7-15(12-21)20-8-3-2-4-9-20/h5-6,11,13,15H,2-4,7-10,12,19H2,1H3/t13-,15?/m0/s1. The molecule has 0 saturated carbocycles. The zero-order valence-electron chi connectivity index (χ0n) is 12.9. The summed E-state index contributed by atoms with van der Waals surface area (Å²) in [5.41, 5.74) is 8.48. The van der Waals surface area contributed by atoms with E-state index in [1.165, 1.54) is 54.5 Å². The van der Waals surface area contributed by atoms with Crippen molar-refractivity contribution in [2.24, 2.45) is 5.73 Å². The maximum atomic E-state index is 5.96. The molecule has 2 aliphatic rings. The van der Waals surface area contributed by atoms with E-state index in [0.717, 1.165) is 19.1 Å². The van der Waals surface area contributed by atoms with Crippen molar-refractivity contribution < 1.29 is 0 Å². The molecule has 1 unspecified atom stereocenters. The van der Waals surface area contributed by atoms with Gasteiger partial charge in [0.15, 0.2) is 0 Å². The Morgan fingerprint density at radius 2 is 1.95 bits per heavy atom. The Morgan fingerprint density at radius 3 is 2.62 bits per heavy atom. The molecular weight excluding hydrogens is 326 g/mol. The Labute approximate surface area is 136 Å². The largest absolute Gasteiger partial charge is 0.369 e. The first-order valence-electron chi connectivity index (χ1n) is 8.19. The van der Waals surface area contributed by atoms with E-state index in [9.17, 15) is 0 Å². The van der Waals surface area contributed by atoms with Gasteiger partial charge in [-0.25, -0.2) is 0 Å². The van der Waals surface area contributed by atoms with Crippen LogP contribution in [0.25, 0.3) is 0 Å². The molecule has 2 heterocycles. The topological polar surface area (TPSA) is 32.5 Å². The van der Waals surface area contributed by atoms with Gasteiger partial charge < -0.3 is 10.6 Å². The number of likely N-dealkylation sites (tertiary alicyclic amines) is 1. The zero-order chi connectivity index (χ0) is 14.8. The number of nitrogens with two attached hydrogens (primary N) is 1. The third kappa shape index (κ3) is 3.43. The molecule has 2 N–H and O–H groups in total. The second kappa shape index (κ2) is 6.67. The van der Waals surface area contributed by atoms with Crippen LogP contribution in [0.5, 0.6) is 0 Å². The second-order valence-electron chi connectivity index (χ2n) is 6.48. The average molecular weight is 352 g/mol. The molecular formula is C17H26BrN3. The van der Waals surface area contributed by atoms with Gasteiger partial charge in [0.1, 0.15) is 0 Å². The van der Waals surface area contributed by atoms with E-state index in [4.69, 9.17) is 5.73 Å². The van der Waals surface area contributed by atoms with Crippen molar-refractivity contribution in [3.63, 3.8) is 0 Å². The Bertz CT molecular complexity index is 483. The van der Waals surface area contributed by atoms with E-state index in [1.54, 1.807) is 0 Å². The van der Waals surface area contributed by atoms with Crippen molar-refractivity contribution in [3.8, 4) is 0 Å². The number of anilines is 1. The summed E-state index contributed by atoms with van der Waals surface area (Å²) in [5, 5.41) is 0. The zero-order valence-corrected chi connectivity index (χ0v) is 14.5. The number of benzene rings is 1. The van der Waals surface area contributed by atoms with Gasteiger partial charge in [-0.3, -0.25) is 4.90 Å². The van der Waals surface area contributed by atoms with Gasteiger partial charge in [0.25, 0.3) is 0 Å². The highest BCUT2D eigenvalue weighted by Crippen LogP contribution is 2.32. The number of halogens is 1. The normalized spacial score (nSPS) is 25.3. The van der Waals surface area contributed by atoms with Crippen LogP contribution in [0, 0.1) is 0 Å². The lowest BCUT2D eigenvalue weighted by Gasteiger charge is -2.32. The third-order valence-electron chi connectivity index (χ3n) is 4.91. The van der Waals surface area contributed by atoms with E-state index >= 15 is 0 Å². The minimum absolute atomic E-state index is 0.0926. The minimum Gasteiger partial charge on any atom is -0.369 e. The highest BCUT2D eigenvalue weighted by Gasteiger charge is 2.29. The Kier molecular flexibility index (Phi) is 4.87. The number of rotatable bonds is 3. The molecule has 0 bridgehead atoms. The van der Waals surface area contributed by atoms with Crippen molar-refractivity contribution in [2.75, 3.05) is 31.1 Å². The van der Waals surface area contributed by atoms with E-state index < -0.39 is 0 Å². The molecule has 1 aromatic rings. The predicted molar refractivity (Wildman–Crippen MR) is 92.8 cm³/mol. The summed E-state index contributed by atoms with van der Waals surface area (Å²) in [6.45, 7) is 6.95. The SMILES string of the molecule is C[C@H](N)c1ccc(N2CCC(N3CCCCC3)C2)c(Br)c1. The maximum Gasteiger partial charge on any atom is 0.0511 e. The Morgan fingerprint density at radius 1 is 1.19 bits per heavy atom. The molecule has 2 aliphatic heterocycles. The van der Waals surface area contributed by atoms with Crippen LogP contribution < -0.4 is 10.6 Å². The average Bonchev–Trinajstić information content (AvgIpc) is 2.97. The van der Waals surface area contributed by atoms with E-state index in [0.29, 0.717) is 0 Å². The summed E-state index contributed by atoms with van der Waals surface area (Å²) in [4.78, 5) is 5.22. The van der Waals surface area contributed by atoms with Gasteiger partial charge >= 0.3 is 0 Å². The first-order valence-corrected chi connectivity index (χ1v) is 8.98. The summed E-state index contributed by atoms with van der Waals surface area (Å²) in [7, 11) is 0. The van der Waals surface area contributed by atoms with Crippen LogP contribution in [0.2, 0.25) is 0 Å². The summed E-state index contributed by atoms with van der Waals surface area (Å²) < 4.78 is 1.18. The minimum atomic E-state index is 0.0926. The Hall–Kier alpha value is -0.580. The smallest absolute Gasteiger partial charge is 0.0511 e. The number of nitrogens with zero attached hydrogens (tertiary/aromatic N) is 2. The maximum absolute atomic E-state index is 5.96.